The highest BCUT2D eigenvalue weighted by molar-refractivity contribution is 7.35. The first kappa shape index (κ1) is 26.0. The van der Waals surface area contributed by atoms with Gasteiger partial charge in [0.05, 0.1) is 16.5 Å². The molecule has 0 radical (unpaired) electrons. The lowest BCUT2D eigenvalue weighted by atomic mass is 10.1. The summed E-state index contributed by atoms with van der Waals surface area (Å²) in [5, 5.41) is 2.74. The molecule has 3 nitrogen and oxygen atoms in total. The van der Waals surface area contributed by atoms with E-state index in [1.54, 1.807) is 7.11 Å². The summed E-state index contributed by atoms with van der Waals surface area (Å²) in [7, 11) is 1.71. The highest BCUT2D eigenvalue weighted by Gasteiger charge is 2.16. The summed E-state index contributed by atoms with van der Waals surface area (Å²) >= 11 is 7.59. The average Bonchev–Trinajstić information content (AvgIpc) is 3.74. The van der Waals surface area contributed by atoms with Crippen LogP contribution in [0.25, 0.3) is 59.9 Å². The molecule has 1 N–H and O–H groups in total. The van der Waals surface area contributed by atoms with Crippen molar-refractivity contribution in [2.45, 2.75) is 32.6 Å². The van der Waals surface area contributed by atoms with Crippen molar-refractivity contribution >= 4 is 84.3 Å². The second kappa shape index (κ2) is 11.1. The van der Waals surface area contributed by atoms with E-state index in [1.165, 1.54) is 79.1 Å². The number of unbranched alkanes of at least 4 members (excludes halogenated alkanes) is 3. The monoisotopic (exact) mass is 599 g/mol. The number of hydrogen-bond donors (Lipinski definition) is 1. The van der Waals surface area contributed by atoms with Crippen molar-refractivity contribution in [3.8, 4) is 32.4 Å². The quantitative estimate of drug-likeness (QED) is 0.125. The Morgan fingerprint density at radius 2 is 1.18 bits per heavy atom. The summed E-state index contributed by atoms with van der Waals surface area (Å²) in [6.07, 6.45) is 4.93. The van der Waals surface area contributed by atoms with Gasteiger partial charge >= 0.3 is 0 Å². The van der Waals surface area contributed by atoms with Gasteiger partial charge in [0.25, 0.3) is 0 Å². The Morgan fingerprint density at radius 1 is 0.600 bits per heavy atom. The molecule has 4 aromatic heterocycles. The van der Waals surface area contributed by atoms with Crippen molar-refractivity contribution in [1.82, 2.24) is 5.48 Å². The van der Waals surface area contributed by atoms with Gasteiger partial charge in [-0.2, -0.15) is 5.48 Å². The molecule has 202 valence electrons. The van der Waals surface area contributed by atoms with Crippen LogP contribution in [0, 0.1) is 0 Å². The molecule has 0 bridgehead atoms. The number of rotatable bonds is 10. The molecule has 0 aliphatic rings. The van der Waals surface area contributed by atoms with Crippen LogP contribution in [0.4, 0.5) is 0 Å². The van der Waals surface area contributed by atoms with Crippen molar-refractivity contribution in [2.75, 3.05) is 13.7 Å². The van der Waals surface area contributed by atoms with Crippen LogP contribution in [-0.4, -0.2) is 13.7 Å². The molecule has 7 aromatic rings. The van der Waals surface area contributed by atoms with E-state index in [4.69, 9.17) is 9.57 Å². The molecule has 0 atom stereocenters. The van der Waals surface area contributed by atoms with E-state index in [2.05, 4.69) is 73.1 Å². The molecule has 0 saturated carbocycles. The van der Waals surface area contributed by atoms with Crippen LogP contribution in [0.15, 0.2) is 72.8 Å². The third-order valence-electron chi connectivity index (χ3n) is 7.24. The Bertz CT molecular complexity index is 1920. The van der Waals surface area contributed by atoms with Crippen molar-refractivity contribution in [3.05, 3.63) is 72.8 Å². The molecular formula is C33H29NO2S4. The zero-order valence-corrected chi connectivity index (χ0v) is 25.7. The van der Waals surface area contributed by atoms with Crippen LogP contribution >= 0.6 is 45.3 Å². The van der Waals surface area contributed by atoms with Gasteiger partial charge in [0.15, 0.2) is 0 Å². The highest BCUT2D eigenvalue weighted by Crippen LogP contribution is 2.48. The molecule has 0 spiro atoms. The fourth-order valence-corrected chi connectivity index (χ4v) is 10.2. The van der Waals surface area contributed by atoms with E-state index >= 15 is 0 Å². The molecule has 7 heteroatoms. The normalized spacial score (nSPS) is 11.8. The zero-order chi connectivity index (χ0) is 27.1. The third-order valence-corrected chi connectivity index (χ3v) is 12.1. The van der Waals surface area contributed by atoms with Crippen LogP contribution in [0.1, 0.15) is 32.6 Å². The average molecular weight is 600 g/mol. The van der Waals surface area contributed by atoms with Gasteiger partial charge < -0.3 is 9.57 Å². The summed E-state index contributed by atoms with van der Waals surface area (Å²) in [6.45, 7) is 3.11. The molecule has 3 aromatic carbocycles. The molecule has 4 heterocycles. The number of nitrogens with one attached hydrogen (secondary N) is 1. The van der Waals surface area contributed by atoms with Crippen LogP contribution in [0.3, 0.4) is 0 Å². The second-order valence-electron chi connectivity index (χ2n) is 9.97. The molecular weight excluding hydrogens is 571 g/mol. The van der Waals surface area contributed by atoms with Crippen molar-refractivity contribution in [3.63, 3.8) is 0 Å². The van der Waals surface area contributed by atoms with Gasteiger partial charge in [-0.3, -0.25) is 0 Å². The maximum Gasteiger partial charge on any atom is 0.147 e. The third kappa shape index (κ3) is 4.91. The zero-order valence-electron chi connectivity index (χ0n) is 22.4. The predicted molar refractivity (Wildman–Crippen MR) is 178 cm³/mol. The van der Waals surface area contributed by atoms with Crippen LogP contribution in [0.2, 0.25) is 0 Å². The topological polar surface area (TPSA) is 30.5 Å². The molecule has 40 heavy (non-hydrogen) atoms. The number of hydrogen-bond acceptors (Lipinski definition) is 7. The van der Waals surface area contributed by atoms with Crippen LogP contribution < -0.4 is 15.1 Å². The van der Waals surface area contributed by atoms with Gasteiger partial charge in [-0.25, -0.2) is 0 Å². The minimum atomic E-state index is 0.858. The Kier molecular flexibility index (Phi) is 7.24. The fourth-order valence-electron chi connectivity index (χ4n) is 5.08. The first-order chi connectivity index (χ1) is 19.7. The molecule has 0 unspecified atom stereocenters. The highest BCUT2D eigenvalue weighted by atomic mass is 32.1. The van der Waals surface area contributed by atoms with E-state index in [-0.39, 0.29) is 0 Å². The Morgan fingerprint density at radius 3 is 1.73 bits per heavy atom. The van der Waals surface area contributed by atoms with Gasteiger partial charge in [-0.05, 0) is 90.3 Å². The van der Waals surface area contributed by atoms with Gasteiger partial charge in [-0.1, -0.05) is 26.2 Å². The molecule has 7 rings (SSSR count). The molecule has 0 aliphatic heterocycles. The summed E-state index contributed by atoms with van der Waals surface area (Å²) < 4.78 is 13.6. The Balaban J connectivity index is 1.16. The second-order valence-corrected chi connectivity index (χ2v) is 14.2. The summed E-state index contributed by atoms with van der Waals surface area (Å²) in [5.41, 5.74) is 5.57. The van der Waals surface area contributed by atoms with Crippen LogP contribution in [0.5, 0.6) is 11.5 Å². The minimum absolute atomic E-state index is 0.858. The van der Waals surface area contributed by atoms with Gasteiger partial charge in [-0.15, -0.1) is 45.3 Å². The number of fused-ring (bicyclic) bond motifs is 6. The van der Waals surface area contributed by atoms with Gasteiger partial charge in [0.1, 0.15) is 11.5 Å². The molecule has 0 saturated heterocycles. The summed E-state index contributed by atoms with van der Waals surface area (Å²) in [4.78, 5) is 8.35. The number of methoxy groups -OCH3 is 1. The standard InChI is InChI=1S/C33H29NO2S4/c1-3-4-5-6-15-34-36-23-13-9-21(10-14-23)27-18-31-33(40-27)25-16-24-28(19-29(25)38-31)37-30-17-26(39-32(24)30)20-7-11-22(35-2)12-8-20/h7-14,16-19,34H,3-6,15H2,1-2H3. The lowest BCUT2D eigenvalue weighted by molar-refractivity contribution is 0.193. The van der Waals surface area contributed by atoms with E-state index in [9.17, 15) is 0 Å². The van der Waals surface area contributed by atoms with E-state index in [0.717, 1.165) is 24.5 Å². The van der Waals surface area contributed by atoms with Gasteiger partial charge in [0.2, 0.25) is 0 Å². The number of benzene rings is 3. The predicted octanol–water partition coefficient (Wildman–Crippen LogP) is 11.4. The molecule has 0 amide bonds. The summed E-state index contributed by atoms with van der Waals surface area (Å²) in [6, 6.07) is 26.3. The number of hydroxylamine groups is 1. The largest absolute Gasteiger partial charge is 0.497 e. The molecule has 0 aliphatic carbocycles. The van der Waals surface area contributed by atoms with Crippen molar-refractivity contribution in [1.29, 1.82) is 0 Å². The Hall–Kier alpha value is -2.94. The number of thiophene rings is 4. The Labute approximate surface area is 249 Å². The first-order valence-electron chi connectivity index (χ1n) is 13.7. The van der Waals surface area contributed by atoms with E-state index in [1.807, 2.05) is 57.5 Å². The van der Waals surface area contributed by atoms with Crippen molar-refractivity contribution in [2.24, 2.45) is 0 Å². The van der Waals surface area contributed by atoms with Crippen LogP contribution in [-0.2, 0) is 0 Å². The maximum atomic E-state index is 5.74. The molecule has 0 fully saturated rings. The number of ether oxygens (including phenoxy) is 1. The SMILES string of the molecule is CCCCCCNOc1ccc(-c2cc3sc4cc5sc6cc(-c7ccc(OC)cc7)sc6c5cc4c3s2)cc1. The smallest absolute Gasteiger partial charge is 0.147 e. The maximum absolute atomic E-state index is 5.74. The lowest BCUT2D eigenvalue weighted by Crippen LogP contribution is -2.19. The minimum Gasteiger partial charge on any atom is -0.497 e. The summed E-state index contributed by atoms with van der Waals surface area (Å²) in [5.74, 6) is 1.75. The van der Waals surface area contributed by atoms with Crippen molar-refractivity contribution < 1.29 is 9.57 Å². The fraction of sp³-hybridized carbons (Fsp3) is 0.212. The van der Waals surface area contributed by atoms with Gasteiger partial charge in [0, 0.05) is 45.9 Å². The van der Waals surface area contributed by atoms with E-state index < -0.39 is 0 Å². The van der Waals surface area contributed by atoms with E-state index in [0.29, 0.717) is 0 Å². The first-order valence-corrected chi connectivity index (χ1v) is 16.9. The lowest BCUT2D eigenvalue weighted by Gasteiger charge is -2.07.